The largest absolute Gasteiger partial charge is 0.364 e. The second-order valence-electron chi connectivity index (χ2n) is 7.01. The van der Waals surface area contributed by atoms with Gasteiger partial charge in [-0.1, -0.05) is 35.9 Å². The Balaban J connectivity index is 1.24. The van der Waals surface area contributed by atoms with Crippen LogP contribution in [0.2, 0.25) is 5.02 Å². The number of carbonyl (C=O) groups is 1. The summed E-state index contributed by atoms with van der Waals surface area (Å²) in [5.74, 6) is 0.901. The van der Waals surface area contributed by atoms with Crippen LogP contribution >= 0.6 is 11.6 Å². The molecule has 0 bridgehead atoms. The van der Waals surface area contributed by atoms with E-state index in [1.165, 1.54) is 5.69 Å². The third-order valence-electron chi connectivity index (χ3n) is 5.17. The van der Waals surface area contributed by atoms with Crippen molar-refractivity contribution in [3.63, 3.8) is 0 Å². The van der Waals surface area contributed by atoms with Gasteiger partial charge in [-0.05, 0) is 29.8 Å². The molecule has 3 heterocycles. The zero-order chi connectivity index (χ0) is 19.3. The molecule has 0 aliphatic carbocycles. The minimum absolute atomic E-state index is 0.0171. The summed E-state index contributed by atoms with van der Waals surface area (Å²) in [6.45, 7) is 5.35. The Hall–Kier alpha value is -2.73. The maximum Gasteiger partial charge on any atom is 0.317 e. The smallest absolute Gasteiger partial charge is 0.317 e. The lowest BCUT2D eigenvalue weighted by Crippen LogP contribution is -2.51. The van der Waals surface area contributed by atoms with E-state index in [1.54, 1.807) is 6.20 Å². The van der Waals surface area contributed by atoms with Gasteiger partial charge in [-0.25, -0.2) is 9.78 Å². The number of carbonyl (C=O) groups excluding carboxylic acids is 1. The van der Waals surface area contributed by atoms with Crippen LogP contribution < -0.4 is 15.1 Å². The highest BCUT2D eigenvalue weighted by Gasteiger charge is 2.21. The van der Waals surface area contributed by atoms with E-state index >= 15 is 0 Å². The number of rotatable bonds is 4. The van der Waals surface area contributed by atoms with E-state index in [2.05, 4.69) is 56.5 Å². The summed E-state index contributed by atoms with van der Waals surface area (Å²) in [6, 6.07) is 12.1. The Bertz CT molecular complexity index is 821. The Morgan fingerprint density at radius 1 is 0.964 bits per heavy atom. The molecule has 146 valence electrons. The Kier molecular flexibility index (Phi) is 5.67. The van der Waals surface area contributed by atoms with Gasteiger partial charge in [0.05, 0.1) is 5.02 Å². The fourth-order valence-electron chi connectivity index (χ4n) is 3.50. The molecule has 1 aromatic carbocycles. The first-order chi connectivity index (χ1) is 13.7. The number of aromatic nitrogens is 1. The quantitative estimate of drug-likeness (QED) is 0.805. The fourth-order valence-corrected chi connectivity index (χ4v) is 3.61. The SMILES string of the molecule is O=C(NCc1ccc(N2CC=CC2)cc1)N1CCN(c2ccc(Cl)cn2)CC1. The van der Waals surface area contributed by atoms with E-state index in [0.29, 0.717) is 24.7 Å². The molecule has 0 saturated carbocycles. The molecular formula is C21H24ClN5O. The molecule has 1 fully saturated rings. The Morgan fingerprint density at radius 3 is 2.32 bits per heavy atom. The highest BCUT2D eigenvalue weighted by Crippen LogP contribution is 2.18. The number of pyridine rings is 1. The van der Waals surface area contributed by atoms with Crippen molar-refractivity contribution in [2.24, 2.45) is 0 Å². The third-order valence-corrected chi connectivity index (χ3v) is 5.39. The number of halogens is 1. The lowest BCUT2D eigenvalue weighted by molar-refractivity contribution is 0.194. The maximum absolute atomic E-state index is 12.5. The van der Waals surface area contributed by atoms with E-state index in [-0.39, 0.29) is 6.03 Å². The average Bonchev–Trinajstić information content (AvgIpc) is 3.28. The normalized spacial score (nSPS) is 16.5. The summed E-state index contributed by atoms with van der Waals surface area (Å²) in [4.78, 5) is 23.2. The summed E-state index contributed by atoms with van der Waals surface area (Å²) >= 11 is 5.89. The van der Waals surface area contributed by atoms with Crippen molar-refractivity contribution >= 4 is 29.1 Å². The fraction of sp³-hybridized carbons (Fsp3) is 0.333. The Labute approximate surface area is 170 Å². The number of anilines is 2. The number of hydrogen-bond acceptors (Lipinski definition) is 4. The van der Waals surface area contributed by atoms with Gasteiger partial charge in [0.15, 0.2) is 0 Å². The van der Waals surface area contributed by atoms with Crippen molar-refractivity contribution in [3.05, 3.63) is 65.3 Å². The van der Waals surface area contributed by atoms with Gasteiger partial charge in [-0.3, -0.25) is 0 Å². The van der Waals surface area contributed by atoms with Gasteiger partial charge in [0.2, 0.25) is 0 Å². The van der Waals surface area contributed by atoms with Crippen LogP contribution in [0.1, 0.15) is 5.56 Å². The highest BCUT2D eigenvalue weighted by molar-refractivity contribution is 6.30. The van der Waals surface area contributed by atoms with Crippen LogP contribution in [-0.2, 0) is 6.54 Å². The van der Waals surface area contributed by atoms with E-state index in [1.807, 2.05) is 17.0 Å². The number of hydrogen-bond donors (Lipinski definition) is 1. The Morgan fingerprint density at radius 2 is 1.68 bits per heavy atom. The summed E-state index contributed by atoms with van der Waals surface area (Å²) < 4.78 is 0. The number of piperazine rings is 1. The van der Waals surface area contributed by atoms with Gasteiger partial charge < -0.3 is 20.0 Å². The van der Waals surface area contributed by atoms with Crippen LogP contribution in [0.4, 0.5) is 16.3 Å². The molecule has 1 saturated heterocycles. The lowest BCUT2D eigenvalue weighted by atomic mass is 10.2. The van der Waals surface area contributed by atoms with Crippen LogP contribution in [-0.4, -0.2) is 55.2 Å². The van der Waals surface area contributed by atoms with Crippen molar-refractivity contribution in [1.29, 1.82) is 0 Å². The molecule has 2 aromatic rings. The molecule has 6 nitrogen and oxygen atoms in total. The van der Waals surface area contributed by atoms with E-state index in [9.17, 15) is 4.79 Å². The van der Waals surface area contributed by atoms with Gasteiger partial charge in [0.1, 0.15) is 5.82 Å². The molecule has 7 heteroatoms. The summed E-state index contributed by atoms with van der Waals surface area (Å²) in [6.07, 6.45) is 6.01. The minimum Gasteiger partial charge on any atom is -0.364 e. The first-order valence-electron chi connectivity index (χ1n) is 9.57. The molecule has 2 amide bonds. The van der Waals surface area contributed by atoms with Gasteiger partial charge in [0.25, 0.3) is 0 Å². The molecule has 1 N–H and O–H groups in total. The zero-order valence-electron chi connectivity index (χ0n) is 15.7. The van der Waals surface area contributed by atoms with Crippen molar-refractivity contribution in [1.82, 2.24) is 15.2 Å². The highest BCUT2D eigenvalue weighted by atomic mass is 35.5. The molecule has 0 unspecified atom stereocenters. The van der Waals surface area contributed by atoms with Crippen molar-refractivity contribution in [2.75, 3.05) is 49.1 Å². The molecule has 28 heavy (non-hydrogen) atoms. The first-order valence-corrected chi connectivity index (χ1v) is 9.95. The average molecular weight is 398 g/mol. The van der Waals surface area contributed by atoms with Gasteiger partial charge in [-0.15, -0.1) is 0 Å². The van der Waals surface area contributed by atoms with Gasteiger partial charge >= 0.3 is 6.03 Å². The molecule has 4 rings (SSSR count). The van der Waals surface area contributed by atoms with Crippen LogP contribution in [0.5, 0.6) is 0 Å². The van der Waals surface area contributed by atoms with Crippen LogP contribution in [0.3, 0.4) is 0 Å². The molecular weight excluding hydrogens is 374 g/mol. The first kappa shape index (κ1) is 18.6. The third kappa shape index (κ3) is 4.39. The van der Waals surface area contributed by atoms with Crippen molar-refractivity contribution < 1.29 is 4.79 Å². The second kappa shape index (κ2) is 8.52. The zero-order valence-corrected chi connectivity index (χ0v) is 16.5. The number of amides is 2. The van der Waals surface area contributed by atoms with E-state index < -0.39 is 0 Å². The number of nitrogens with zero attached hydrogens (tertiary/aromatic N) is 4. The molecule has 0 atom stereocenters. The van der Waals surface area contributed by atoms with Crippen LogP contribution in [0, 0.1) is 0 Å². The molecule has 0 radical (unpaired) electrons. The monoisotopic (exact) mass is 397 g/mol. The van der Waals surface area contributed by atoms with Crippen molar-refractivity contribution in [2.45, 2.75) is 6.54 Å². The van der Waals surface area contributed by atoms with Gasteiger partial charge in [0, 0.05) is 57.7 Å². The lowest BCUT2D eigenvalue weighted by Gasteiger charge is -2.35. The number of benzene rings is 1. The number of urea groups is 1. The van der Waals surface area contributed by atoms with Gasteiger partial charge in [-0.2, -0.15) is 0 Å². The summed E-state index contributed by atoms with van der Waals surface area (Å²) in [7, 11) is 0. The van der Waals surface area contributed by atoms with Crippen LogP contribution in [0.15, 0.2) is 54.7 Å². The predicted octanol–water partition coefficient (Wildman–Crippen LogP) is 3.14. The maximum atomic E-state index is 12.5. The summed E-state index contributed by atoms with van der Waals surface area (Å²) in [5.41, 5.74) is 2.32. The standard InChI is InChI=1S/C21H24ClN5O/c22-18-5-8-20(23-16-18)26-11-13-27(14-12-26)21(28)24-15-17-3-6-19(7-4-17)25-9-1-2-10-25/h1-8,16H,9-15H2,(H,24,28). The topological polar surface area (TPSA) is 51.7 Å². The van der Waals surface area contributed by atoms with Crippen molar-refractivity contribution in [3.8, 4) is 0 Å². The van der Waals surface area contributed by atoms with E-state index in [0.717, 1.165) is 37.6 Å². The summed E-state index contributed by atoms with van der Waals surface area (Å²) in [5, 5.41) is 3.66. The minimum atomic E-state index is -0.0171. The number of nitrogens with one attached hydrogen (secondary N) is 1. The molecule has 0 spiro atoms. The molecule has 2 aliphatic rings. The second-order valence-corrected chi connectivity index (χ2v) is 7.45. The van der Waals surface area contributed by atoms with Crippen LogP contribution in [0.25, 0.3) is 0 Å². The molecule has 2 aliphatic heterocycles. The predicted molar refractivity (Wildman–Crippen MR) is 113 cm³/mol. The van der Waals surface area contributed by atoms with E-state index in [4.69, 9.17) is 11.6 Å². The molecule has 1 aromatic heterocycles.